The molecule has 0 aliphatic carbocycles. The number of unbranched alkanes of at least 4 members (excludes halogenated alkanes) is 1. The Kier molecular flexibility index (Phi) is 5.91. The maximum atomic E-state index is 2.23. The summed E-state index contributed by atoms with van der Waals surface area (Å²) in [5, 5.41) is 0. The first-order chi connectivity index (χ1) is 5.16. The molecule has 0 atom stereocenters. The van der Waals surface area contributed by atoms with Crippen LogP contribution in [0.15, 0.2) is 23.8 Å². The highest BCUT2D eigenvalue weighted by molar-refractivity contribution is 5.22. The Morgan fingerprint density at radius 3 is 2.27 bits per heavy atom. The van der Waals surface area contributed by atoms with Gasteiger partial charge in [-0.2, -0.15) is 0 Å². The summed E-state index contributed by atoms with van der Waals surface area (Å²) in [7, 11) is 0. The van der Waals surface area contributed by atoms with Crippen molar-refractivity contribution < 1.29 is 0 Å². The average Bonchev–Trinajstić information content (AvgIpc) is 1.86. The first kappa shape index (κ1) is 10.5. The average molecular weight is 151 g/mol. The maximum Gasteiger partial charge on any atom is -0.00833 e. The summed E-state index contributed by atoms with van der Waals surface area (Å²) >= 11 is 0. The highest BCUT2D eigenvalue weighted by Gasteiger charge is 1.86. The number of hydrogen-bond acceptors (Lipinski definition) is 0. The van der Waals surface area contributed by atoms with E-state index < -0.39 is 0 Å². The third-order valence-electron chi connectivity index (χ3n) is 1.35. The molecule has 0 unspecified atom stereocenters. The molecule has 0 heterocycles. The maximum absolute atomic E-state index is 2.23. The smallest absolute Gasteiger partial charge is 0.00833 e. The van der Waals surface area contributed by atoms with Crippen molar-refractivity contribution in [3.05, 3.63) is 29.7 Å². The molecule has 0 nitrogen and oxygen atoms in total. The lowest BCUT2D eigenvalue weighted by atomic mass is 10.1. The lowest BCUT2D eigenvalue weighted by Crippen LogP contribution is -1.77. The number of rotatable bonds is 4. The minimum absolute atomic E-state index is 1.19. The Hall–Kier alpha value is -0.520. The molecule has 0 aliphatic heterocycles. The van der Waals surface area contributed by atoms with E-state index in [-0.39, 0.29) is 0 Å². The van der Waals surface area contributed by atoms with E-state index >= 15 is 0 Å². The predicted octanol–water partition coefficient (Wildman–Crippen LogP) is 3.90. The number of hydrogen-bond donors (Lipinski definition) is 0. The second kappa shape index (κ2) is 6.21. The summed E-state index contributed by atoms with van der Waals surface area (Å²) in [6, 6.07) is 0. The van der Waals surface area contributed by atoms with Crippen molar-refractivity contribution in [1.82, 2.24) is 0 Å². The van der Waals surface area contributed by atoms with Gasteiger partial charge in [0.25, 0.3) is 0 Å². The Balaban J connectivity index is 3.75. The topological polar surface area (TPSA) is 0 Å². The first-order valence-corrected chi connectivity index (χ1v) is 4.31. The lowest BCUT2D eigenvalue weighted by molar-refractivity contribution is 0.957. The first-order valence-electron chi connectivity index (χ1n) is 4.31. The zero-order valence-electron chi connectivity index (χ0n) is 8.15. The molecule has 0 aliphatic rings. The highest BCUT2D eigenvalue weighted by Crippen LogP contribution is 2.05. The van der Waals surface area contributed by atoms with Crippen LogP contribution in [0.2, 0.25) is 0 Å². The van der Waals surface area contributed by atoms with Gasteiger partial charge in [0.1, 0.15) is 0 Å². The molecule has 0 aromatic carbocycles. The van der Waals surface area contributed by atoms with Crippen molar-refractivity contribution in [3.63, 3.8) is 0 Å². The van der Waals surface area contributed by atoms with Crippen LogP contribution in [0.25, 0.3) is 0 Å². The molecule has 0 aromatic heterocycles. The molecule has 0 spiro atoms. The van der Waals surface area contributed by atoms with Gasteiger partial charge in [0.2, 0.25) is 0 Å². The SMILES string of the molecule is CCCC=CC(C)=C[C](C)C. The van der Waals surface area contributed by atoms with Crippen molar-refractivity contribution in [2.75, 3.05) is 0 Å². The van der Waals surface area contributed by atoms with Gasteiger partial charge in [-0.1, -0.05) is 51.0 Å². The molecular formula is C11H19. The molecule has 0 saturated carbocycles. The Morgan fingerprint density at radius 1 is 1.18 bits per heavy atom. The van der Waals surface area contributed by atoms with Crippen molar-refractivity contribution in [2.24, 2.45) is 0 Å². The Morgan fingerprint density at radius 2 is 1.82 bits per heavy atom. The van der Waals surface area contributed by atoms with Gasteiger partial charge in [-0.25, -0.2) is 0 Å². The summed E-state index contributed by atoms with van der Waals surface area (Å²) in [6.45, 7) is 8.58. The molecule has 63 valence electrons. The van der Waals surface area contributed by atoms with Crippen molar-refractivity contribution in [2.45, 2.75) is 40.5 Å². The number of allylic oxidation sites excluding steroid dienone is 4. The van der Waals surface area contributed by atoms with Gasteiger partial charge in [-0.05, 0) is 19.3 Å². The largest absolute Gasteiger partial charge is 0.0843 e. The molecular weight excluding hydrogens is 132 g/mol. The van der Waals surface area contributed by atoms with Crippen LogP contribution in [0, 0.1) is 5.92 Å². The highest BCUT2D eigenvalue weighted by atomic mass is 13.9. The fourth-order valence-electron chi connectivity index (χ4n) is 0.939. The van der Waals surface area contributed by atoms with E-state index in [1.807, 2.05) is 0 Å². The molecule has 0 saturated heterocycles. The van der Waals surface area contributed by atoms with E-state index in [9.17, 15) is 0 Å². The minimum atomic E-state index is 1.19. The van der Waals surface area contributed by atoms with Crippen molar-refractivity contribution >= 4 is 0 Å². The van der Waals surface area contributed by atoms with Crippen LogP contribution in [0.4, 0.5) is 0 Å². The van der Waals surface area contributed by atoms with Gasteiger partial charge in [0.15, 0.2) is 0 Å². The van der Waals surface area contributed by atoms with E-state index in [0.29, 0.717) is 0 Å². The zero-order chi connectivity index (χ0) is 8.69. The monoisotopic (exact) mass is 151 g/mol. The van der Waals surface area contributed by atoms with E-state index in [2.05, 4.69) is 45.9 Å². The molecule has 0 fully saturated rings. The van der Waals surface area contributed by atoms with Gasteiger partial charge >= 0.3 is 0 Å². The van der Waals surface area contributed by atoms with E-state index in [4.69, 9.17) is 0 Å². The van der Waals surface area contributed by atoms with E-state index in [1.54, 1.807) is 0 Å². The zero-order valence-corrected chi connectivity index (χ0v) is 8.15. The van der Waals surface area contributed by atoms with Crippen molar-refractivity contribution in [3.8, 4) is 0 Å². The summed E-state index contributed by atoms with van der Waals surface area (Å²) < 4.78 is 0. The lowest BCUT2D eigenvalue weighted by Gasteiger charge is -1.95. The van der Waals surface area contributed by atoms with Crippen LogP contribution < -0.4 is 0 Å². The summed E-state index contributed by atoms with van der Waals surface area (Å²) in [4.78, 5) is 0. The van der Waals surface area contributed by atoms with Crippen LogP contribution in [0.3, 0.4) is 0 Å². The van der Waals surface area contributed by atoms with Gasteiger partial charge in [-0.3, -0.25) is 0 Å². The summed E-state index contributed by atoms with van der Waals surface area (Å²) in [5.41, 5.74) is 1.35. The molecule has 0 bridgehead atoms. The summed E-state index contributed by atoms with van der Waals surface area (Å²) in [6.07, 6.45) is 9.05. The van der Waals surface area contributed by atoms with Gasteiger partial charge in [0.05, 0.1) is 0 Å². The van der Waals surface area contributed by atoms with Crippen LogP contribution in [0.1, 0.15) is 40.5 Å². The molecule has 11 heavy (non-hydrogen) atoms. The predicted molar refractivity (Wildman–Crippen MR) is 52.4 cm³/mol. The fraction of sp³-hybridized carbons (Fsp3) is 0.545. The molecule has 0 N–H and O–H groups in total. The molecule has 1 radical (unpaired) electrons. The van der Waals surface area contributed by atoms with Gasteiger partial charge < -0.3 is 0 Å². The molecule has 0 heteroatoms. The Bertz CT molecular complexity index is 138. The second-order valence-corrected chi connectivity index (χ2v) is 3.16. The summed E-state index contributed by atoms with van der Waals surface area (Å²) in [5.74, 6) is 1.36. The normalized spacial score (nSPS) is 13.4. The molecule has 0 amide bonds. The van der Waals surface area contributed by atoms with E-state index in [0.717, 1.165) is 0 Å². The third-order valence-corrected chi connectivity index (χ3v) is 1.35. The minimum Gasteiger partial charge on any atom is -0.0843 e. The van der Waals surface area contributed by atoms with Crippen LogP contribution in [-0.4, -0.2) is 0 Å². The quantitative estimate of drug-likeness (QED) is 0.534. The second-order valence-electron chi connectivity index (χ2n) is 3.16. The van der Waals surface area contributed by atoms with E-state index in [1.165, 1.54) is 24.3 Å². The standard InChI is InChI=1S/C11H19/c1-5-6-7-8-11(4)9-10(2)3/h7-9H,5-6H2,1-4H3. The van der Waals surface area contributed by atoms with Crippen molar-refractivity contribution in [1.29, 1.82) is 0 Å². The van der Waals surface area contributed by atoms with Gasteiger partial charge in [-0.15, -0.1) is 0 Å². The van der Waals surface area contributed by atoms with Gasteiger partial charge in [0, 0.05) is 0 Å². The molecule has 0 aromatic rings. The third kappa shape index (κ3) is 7.38. The van der Waals surface area contributed by atoms with Crippen LogP contribution in [0.5, 0.6) is 0 Å². The Labute approximate surface area is 71.0 Å². The van der Waals surface area contributed by atoms with Crippen LogP contribution >= 0.6 is 0 Å². The fourth-order valence-corrected chi connectivity index (χ4v) is 0.939. The van der Waals surface area contributed by atoms with Crippen LogP contribution in [-0.2, 0) is 0 Å². The molecule has 0 rings (SSSR count).